The Labute approximate surface area is 123 Å². The van der Waals surface area contributed by atoms with Crippen LogP contribution in [0.2, 0.25) is 0 Å². The number of carbonyl (C=O) groups is 1. The summed E-state index contributed by atoms with van der Waals surface area (Å²) in [5, 5.41) is 6.46. The number of aromatic nitrogens is 1. The quantitative estimate of drug-likeness (QED) is 0.922. The van der Waals surface area contributed by atoms with Crippen molar-refractivity contribution in [3.63, 3.8) is 0 Å². The van der Waals surface area contributed by atoms with Crippen molar-refractivity contribution in [2.45, 2.75) is 45.2 Å². The molecule has 20 heavy (non-hydrogen) atoms. The summed E-state index contributed by atoms with van der Waals surface area (Å²) in [6.45, 7) is 5.19. The summed E-state index contributed by atoms with van der Waals surface area (Å²) >= 11 is 1.72. The third-order valence-electron chi connectivity index (χ3n) is 4.95. The van der Waals surface area contributed by atoms with Crippen LogP contribution in [0.3, 0.4) is 0 Å². The minimum absolute atomic E-state index is 0.283. The van der Waals surface area contributed by atoms with Gasteiger partial charge < -0.3 is 5.32 Å². The van der Waals surface area contributed by atoms with Gasteiger partial charge in [-0.15, -0.1) is 11.3 Å². The first-order valence-corrected chi connectivity index (χ1v) is 8.46. The molecule has 1 aliphatic heterocycles. The number of nitrogens with one attached hydrogen (secondary N) is 1. The van der Waals surface area contributed by atoms with Gasteiger partial charge >= 0.3 is 0 Å². The molecule has 1 aromatic rings. The summed E-state index contributed by atoms with van der Waals surface area (Å²) in [5.41, 5.74) is 1.48. The van der Waals surface area contributed by atoms with Crippen molar-refractivity contribution < 1.29 is 4.79 Å². The van der Waals surface area contributed by atoms with Crippen LogP contribution in [0.15, 0.2) is 5.38 Å². The molecule has 5 heteroatoms. The predicted molar refractivity (Wildman–Crippen MR) is 78.4 cm³/mol. The lowest BCUT2D eigenvalue weighted by Gasteiger charge is -2.14. The van der Waals surface area contributed by atoms with E-state index in [2.05, 4.69) is 27.5 Å². The summed E-state index contributed by atoms with van der Waals surface area (Å²) < 4.78 is 0. The molecule has 0 unspecified atom stereocenters. The average Bonchev–Trinajstić information content (AvgIpc) is 3.25. The van der Waals surface area contributed by atoms with Gasteiger partial charge in [0, 0.05) is 30.4 Å². The Hall–Kier alpha value is -0.940. The number of hydrogen-bond donors (Lipinski definition) is 1. The van der Waals surface area contributed by atoms with E-state index in [1.807, 2.05) is 0 Å². The number of carbonyl (C=O) groups excluding carboxylic acids is 1. The molecular formula is C15H21N3OS. The fourth-order valence-corrected chi connectivity index (χ4v) is 4.13. The van der Waals surface area contributed by atoms with Crippen LogP contribution in [-0.4, -0.2) is 34.9 Å². The van der Waals surface area contributed by atoms with Crippen LogP contribution < -0.4 is 5.32 Å². The van der Waals surface area contributed by atoms with Gasteiger partial charge in [0.1, 0.15) is 0 Å². The minimum atomic E-state index is 0.283. The van der Waals surface area contributed by atoms with Crippen LogP contribution in [0.4, 0.5) is 0 Å². The molecule has 1 aromatic heterocycles. The highest BCUT2D eigenvalue weighted by atomic mass is 32.1. The molecule has 2 saturated carbocycles. The van der Waals surface area contributed by atoms with E-state index in [0.29, 0.717) is 17.4 Å². The summed E-state index contributed by atoms with van der Waals surface area (Å²) in [7, 11) is 0. The molecule has 108 valence electrons. The fourth-order valence-electron chi connectivity index (χ4n) is 3.53. The number of aryl methyl sites for hydroxylation is 1. The summed E-state index contributed by atoms with van der Waals surface area (Å²) in [6, 6.07) is 0.496. The van der Waals surface area contributed by atoms with Gasteiger partial charge in [-0.2, -0.15) is 0 Å². The van der Waals surface area contributed by atoms with Gasteiger partial charge in [0.05, 0.1) is 10.7 Å². The molecule has 1 N–H and O–H groups in total. The lowest BCUT2D eigenvalue weighted by atomic mass is 10.0. The van der Waals surface area contributed by atoms with Crippen molar-refractivity contribution in [3.05, 3.63) is 16.1 Å². The molecule has 2 heterocycles. The third-order valence-corrected chi connectivity index (χ3v) is 5.77. The van der Waals surface area contributed by atoms with Gasteiger partial charge in [0.15, 0.2) is 0 Å². The van der Waals surface area contributed by atoms with Gasteiger partial charge in [0.25, 0.3) is 0 Å². The number of amides is 1. The normalized spacial score (nSPS) is 32.8. The first-order valence-electron chi connectivity index (χ1n) is 7.58. The van der Waals surface area contributed by atoms with E-state index in [1.54, 1.807) is 11.3 Å². The third kappa shape index (κ3) is 2.37. The van der Waals surface area contributed by atoms with Crippen molar-refractivity contribution in [1.82, 2.24) is 15.2 Å². The van der Waals surface area contributed by atoms with Crippen LogP contribution in [-0.2, 0) is 11.3 Å². The van der Waals surface area contributed by atoms with Crippen molar-refractivity contribution >= 4 is 17.2 Å². The molecule has 4 rings (SSSR count). The van der Waals surface area contributed by atoms with E-state index in [1.165, 1.54) is 25.0 Å². The first-order chi connectivity index (χ1) is 9.64. The molecule has 3 fully saturated rings. The molecule has 0 aromatic carbocycles. The highest BCUT2D eigenvalue weighted by Gasteiger charge is 2.60. The van der Waals surface area contributed by atoms with E-state index in [-0.39, 0.29) is 5.92 Å². The summed E-state index contributed by atoms with van der Waals surface area (Å²) in [6.07, 6.45) is 4.64. The maximum absolute atomic E-state index is 12.1. The molecule has 2 atom stereocenters. The van der Waals surface area contributed by atoms with E-state index < -0.39 is 0 Å². The molecule has 0 bridgehead atoms. The topological polar surface area (TPSA) is 45.2 Å². The summed E-state index contributed by atoms with van der Waals surface area (Å²) in [5.74, 6) is 0.601. The molecule has 1 spiro atoms. The SMILES string of the molecule is Cc1nc(CN2CC[C@]3(C[C@@H]3C(=O)NC3CC3)C2)cs1. The zero-order chi connectivity index (χ0) is 13.7. The molecule has 1 saturated heterocycles. The predicted octanol–water partition coefficient (Wildman–Crippen LogP) is 1.94. The Bertz CT molecular complexity index is 539. The zero-order valence-electron chi connectivity index (χ0n) is 11.9. The average molecular weight is 291 g/mol. The second kappa shape index (κ2) is 4.53. The van der Waals surface area contributed by atoms with Crippen LogP contribution in [0.25, 0.3) is 0 Å². The molecule has 2 aliphatic carbocycles. The Morgan fingerprint density at radius 3 is 3.15 bits per heavy atom. The standard InChI is InChI=1S/C15H21N3OS/c1-10-16-12(8-20-10)7-18-5-4-15(9-18)6-13(15)14(19)17-11-2-3-11/h8,11,13H,2-7,9H2,1H3,(H,17,19)/t13-,15+/m1/s1. The largest absolute Gasteiger partial charge is 0.353 e. The molecule has 0 radical (unpaired) electrons. The van der Waals surface area contributed by atoms with Crippen LogP contribution in [0.1, 0.15) is 36.4 Å². The second-order valence-corrected chi connectivity index (χ2v) is 7.78. The number of nitrogens with zero attached hydrogens (tertiary/aromatic N) is 2. The molecule has 4 nitrogen and oxygen atoms in total. The van der Waals surface area contributed by atoms with Gasteiger partial charge in [-0.1, -0.05) is 0 Å². The maximum Gasteiger partial charge on any atom is 0.223 e. The maximum atomic E-state index is 12.1. The Balaban J connectivity index is 1.33. The van der Waals surface area contributed by atoms with Gasteiger partial charge in [0.2, 0.25) is 5.91 Å². The second-order valence-electron chi connectivity index (χ2n) is 6.72. The minimum Gasteiger partial charge on any atom is -0.353 e. The number of hydrogen-bond acceptors (Lipinski definition) is 4. The molecular weight excluding hydrogens is 270 g/mol. The van der Waals surface area contributed by atoms with E-state index in [9.17, 15) is 4.79 Å². The van der Waals surface area contributed by atoms with E-state index >= 15 is 0 Å². The van der Waals surface area contributed by atoms with Gasteiger partial charge in [-0.25, -0.2) is 4.98 Å². The lowest BCUT2D eigenvalue weighted by molar-refractivity contribution is -0.123. The van der Waals surface area contributed by atoms with Crippen molar-refractivity contribution in [3.8, 4) is 0 Å². The lowest BCUT2D eigenvalue weighted by Crippen LogP contribution is -2.30. The van der Waals surface area contributed by atoms with E-state index in [0.717, 1.165) is 31.1 Å². The van der Waals surface area contributed by atoms with Crippen LogP contribution >= 0.6 is 11.3 Å². The van der Waals surface area contributed by atoms with Crippen LogP contribution in [0, 0.1) is 18.3 Å². The smallest absolute Gasteiger partial charge is 0.223 e. The number of likely N-dealkylation sites (tertiary alicyclic amines) is 1. The molecule has 3 aliphatic rings. The Morgan fingerprint density at radius 1 is 1.60 bits per heavy atom. The zero-order valence-corrected chi connectivity index (χ0v) is 12.7. The number of thiazole rings is 1. The highest BCUT2D eigenvalue weighted by Crippen LogP contribution is 2.58. The van der Waals surface area contributed by atoms with E-state index in [4.69, 9.17) is 0 Å². The van der Waals surface area contributed by atoms with Crippen LogP contribution in [0.5, 0.6) is 0 Å². The van der Waals surface area contributed by atoms with Crippen molar-refractivity contribution in [2.75, 3.05) is 13.1 Å². The fraction of sp³-hybridized carbons (Fsp3) is 0.733. The Kier molecular flexibility index (Phi) is 2.89. The highest BCUT2D eigenvalue weighted by molar-refractivity contribution is 7.09. The van der Waals surface area contributed by atoms with Crippen molar-refractivity contribution in [1.29, 1.82) is 0 Å². The number of rotatable bonds is 4. The first kappa shape index (κ1) is 12.8. The van der Waals surface area contributed by atoms with Gasteiger partial charge in [-0.05, 0) is 44.6 Å². The monoisotopic (exact) mass is 291 g/mol. The molecule has 1 amide bonds. The summed E-state index contributed by atoms with van der Waals surface area (Å²) in [4.78, 5) is 19.2. The Morgan fingerprint density at radius 2 is 2.45 bits per heavy atom. The van der Waals surface area contributed by atoms with Crippen molar-refractivity contribution in [2.24, 2.45) is 11.3 Å². The van der Waals surface area contributed by atoms with Gasteiger partial charge in [-0.3, -0.25) is 9.69 Å².